The average molecular weight is 486 g/mol. The zero-order chi connectivity index (χ0) is 26.7. The molecule has 0 radical (unpaired) electrons. The summed E-state index contributed by atoms with van der Waals surface area (Å²) < 4.78 is 23.8. The number of aromatic nitrogens is 5. The summed E-state index contributed by atoms with van der Waals surface area (Å²) in [5, 5.41) is 15.5. The van der Waals surface area contributed by atoms with Gasteiger partial charge in [-0.15, -0.1) is 0 Å². The summed E-state index contributed by atoms with van der Waals surface area (Å²) in [6.45, 7) is -1.10. The molecule has 3 N–H and O–H groups in total. The van der Waals surface area contributed by atoms with E-state index >= 15 is 0 Å². The van der Waals surface area contributed by atoms with Crippen LogP contribution in [-0.2, 0) is 12.5 Å². The van der Waals surface area contributed by atoms with Crippen molar-refractivity contribution in [1.29, 1.82) is 5.26 Å². The van der Waals surface area contributed by atoms with E-state index in [0.717, 1.165) is 23.1 Å². The van der Waals surface area contributed by atoms with Crippen LogP contribution in [0.4, 0.5) is 5.95 Å². The summed E-state index contributed by atoms with van der Waals surface area (Å²) in [5.74, 6) is 0.470. The normalized spacial score (nSPS) is 17.2. The number of benzene rings is 2. The Morgan fingerprint density at radius 3 is 2.69 bits per heavy atom. The molecule has 1 aliphatic rings. The molecule has 0 spiro atoms. The van der Waals surface area contributed by atoms with E-state index in [1.165, 1.54) is 6.20 Å². The second kappa shape index (κ2) is 8.08. The number of anilines is 1. The van der Waals surface area contributed by atoms with Crippen molar-refractivity contribution in [2.45, 2.75) is 18.4 Å². The Balaban J connectivity index is 1.35. The summed E-state index contributed by atoms with van der Waals surface area (Å²) >= 11 is 6.73. The molecule has 0 bridgehead atoms. The van der Waals surface area contributed by atoms with E-state index in [9.17, 15) is 5.26 Å². The molecule has 0 atom stereocenters. The molecule has 0 unspecified atom stereocenters. The fraction of sp³-hybridized carbons (Fsp3) is 0.231. The van der Waals surface area contributed by atoms with E-state index in [1.54, 1.807) is 18.3 Å². The number of hydrogen-bond donors (Lipinski definition) is 2. The summed E-state index contributed by atoms with van der Waals surface area (Å²) in [6, 6.07) is 15.8. The van der Waals surface area contributed by atoms with Crippen molar-refractivity contribution in [3.8, 4) is 17.2 Å². The second-order valence-corrected chi connectivity index (χ2v) is 9.23. The molecule has 6 rings (SSSR count). The summed E-state index contributed by atoms with van der Waals surface area (Å²) in [5.41, 5.74) is 9.92. The molecule has 1 aliphatic heterocycles. The van der Waals surface area contributed by atoms with Crippen LogP contribution in [0.2, 0.25) is 5.02 Å². The number of nitrogens with two attached hydrogens (primary N) is 1. The lowest BCUT2D eigenvalue weighted by Gasteiger charge is -2.39. The molecule has 2 aromatic carbocycles. The molecule has 3 aromatic heterocycles. The van der Waals surface area contributed by atoms with Crippen molar-refractivity contribution in [2.24, 2.45) is 12.7 Å². The number of nitrogens with one attached hydrogen (secondary N) is 1. The van der Waals surface area contributed by atoms with E-state index < -0.39 is 12.5 Å². The first kappa shape index (κ1) is 18.4. The Morgan fingerprint density at radius 2 is 1.94 bits per heavy atom. The minimum Gasteiger partial charge on any atom is -0.345 e. The van der Waals surface area contributed by atoms with Gasteiger partial charge in [-0.05, 0) is 24.5 Å². The van der Waals surface area contributed by atoms with Gasteiger partial charge in [0.25, 0.3) is 0 Å². The Bertz CT molecular complexity index is 1710. The standard InChI is InChI=1S/C26H23ClN8/c1-34-15-19-20(33-34)8-7-17(23(19)27)18-14-30-24-22(18)21(13-28)31-25(32-24)35-11-9-26(29,10-12-35)16-5-3-2-4-6-16/h2-8,14-15H,9-12,29H2,1H3,(H,30,31,32)/i1D3. The lowest BCUT2D eigenvalue weighted by Crippen LogP contribution is -2.48. The maximum absolute atomic E-state index is 10.0. The number of piperidine rings is 1. The highest BCUT2D eigenvalue weighted by atomic mass is 35.5. The largest absolute Gasteiger partial charge is 0.345 e. The molecule has 1 fully saturated rings. The van der Waals surface area contributed by atoms with E-state index in [-0.39, 0.29) is 5.69 Å². The molecule has 0 aliphatic carbocycles. The van der Waals surface area contributed by atoms with Gasteiger partial charge in [-0.2, -0.15) is 15.3 Å². The molecular formula is C26H23ClN8. The third-order valence-electron chi connectivity index (χ3n) is 6.83. The summed E-state index contributed by atoms with van der Waals surface area (Å²) in [4.78, 5) is 14.6. The van der Waals surface area contributed by atoms with Gasteiger partial charge in [0.1, 0.15) is 11.7 Å². The minimum atomic E-state index is -2.42. The van der Waals surface area contributed by atoms with Crippen LogP contribution in [0.25, 0.3) is 33.1 Å². The highest BCUT2D eigenvalue weighted by Crippen LogP contribution is 2.39. The van der Waals surface area contributed by atoms with Gasteiger partial charge in [0.2, 0.25) is 5.95 Å². The van der Waals surface area contributed by atoms with Crippen molar-refractivity contribution in [3.63, 3.8) is 0 Å². The molecule has 8 nitrogen and oxygen atoms in total. The van der Waals surface area contributed by atoms with Crippen LogP contribution in [0.3, 0.4) is 0 Å². The molecule has 174 valence electrons. The first-order valence-electron chi connectivity index (χ1n) is 12.8. The molecule has 5 aromatic rings. The van der Waals surface area contributed by atoms with Gasteiger partial charge >= 0.3 is 0 Å². The quantitative estimate of drug-likeness (QED) is 0.389. The van der Waals surface area contributed by atoms with Crippen LogP contribution < -0.4 is 10.6 Å². The lowest BCUT2D eigenvalue weighted by molar-refractivity contribution is 0.340. The number of hydrogen-bond acceptors (Lipinski definition) is 6. The van der Waals surface area contributed by atoms with Crippen molar-refractivity contribution < 1.29 is 4.11 Å². The van der Waals surface area contributed by atoms with Gasteiger partial charge in [-0.3, -0.25) is 4.68 Å². The van der Waals surface area contributed by atoms with Crippen molar-refractivity contribution in [3.05, 3.63) is 71.1 Å². The van der Waals surface area contributed by atoms with Crippen molar-refractivity contribution in [1.82, 2.24) is 24.7 Å². The smallest absolute Gasteiger partial charge is 0.228 e. The van der Waals surface area contributed by atoms with Gasteiger partial charge in [-0.25, -0.2) is 4.98 Å². The molecule has 0 saturated carbocycles. The average Bonchev–Trinajstić information content (AvgIpc) is 3.55. The van der Waals surface area contributed by atoms with Gasteiger partial charge in [0.05, 0.1) is 15.9 Å². The van der Waals surface area contributed by atoms with Gasteiger partial charge in [0.15, 0.2) is 5.69 Å². The predicted molar refractivity (Wildman–Crippen MR) is 137 cm³/mol. The van der Waals surface area contributed by atoms with E-state index in [1.807, 2.05) is 18.2 Å². The van der Waals surface area contributed by atoms with Crippen LogP contribution >= 0.6 is 11.6 Å². The highest BCUT2D eigenvalue weighted by molar-refractivity contribution is 6.38. The molecule has 35 heavy (non-hydrogen) atoms. The SMILES string of the molecule is [2H]C([2H])([2H])n1cc2c(Cl)c(-c3c[nH]c4nc(N5CCC(N)(c6ccccc6)CC5)nc(C#N)c34)ccc2n1. The minimum absolute atomic E-state index is 0.225. The number of nitriles is 1. The van der Waals surface area contributed by atoms with Crippen LogP contribution in [-0.4, -0.2) is 37.8 Å². The first-order valence-corrected chi connectivity index (χ1v) is 11.6. The van der Waals surface area contributed by atoms with Crippen molar-refractivity contribution in [2.75, 3.05) is 18.0 Å². The zero-order valence-corrected chi connectivity index (χ0v) is 19.4. The predicted octanol–water partition coefficient (Wildman–Crippen LogP) is 4.49. The Morgan fingerprint density at radius 1 is 1.14 bits per heavy atom. The first-order chi connectivity index (χ1) is 18.2. The van der Waals surface area contributed by atoms with Crippen LogP contribution in [0.15, 0.2) is 54.9 Å². The molecule has 4 heterocycles. The number of halogens is 1. The van der Waals surface area contributed by atoms with Gasteiger partial charge in [-0.1, -0.05) is 48.0 Å². The van der Waals surface area contributed by atoms with Crippen LogP contribution in [0.5, 0.6) is 0 Å². The highest BCUT2D eigenvalue weighted by Gasteiger charge is 2.33. The van der Waals surface area contributed by atoms with Crippen molar-refractivity contribution >= 4 is 39.5 Å². The summed E-state index contributed by atoms with van der Waals surface area (Å²) in [6.07, 6.45) is 4.61. The van der Waals surface area contributed by atoms with Gasteiger partial charge in [0, 0.05) is 58.6 Å². The number of rotatable bonds is 3. The van der Waals surface area contributed by atoms with E-state index in [4.69, 9.17) is 26.4 Å². The van der Waals surface area contributed by atoms with E-state index in [2.05, 4.69) is 38.2 Å². The number of nitrogens with zero attached hydrogens (tertiary/aromatic N) is 6. The zero-order valence-electron chi connectivity index (χ0n) is 21.7. The fourth-order valence-electron chi connectivity index (χ4n) is 4.89. The number of aryl methyl sites for hydroxylation is 1. The number of H-pyrrole nitrogens is 1. The fourth-order valence-corrected chi connectivity index (χ4v) is 5.20. The van der Waals surface area contributed by atoms with Crippen LogP contribution in [0.1, 0.15) is 28.2 Å². The van der Waals surface area contributed by atoms with Crippen LogP contribution in [0, 0.1) is 11.3 Å². The lowest BCUT2D eigenvalue weighted by atomic mass is 9.82. The second-order valence-electron chi connectivity index (χ2n) is 8.85. The number of aromatic amines is 1. The van der Waals surface area contributed by atoms with Gasteiger partial charge < -0.3 is 15.6 Å². The third kappa shape index (κ3) is 3.52. The third-order valence-corrected chi connectivity index (χ3v) is 7.23. The molecular weight excluding hydrogens is 460 g/mol. The molecule has 1 saturated heterocycles. The van der Waals surface area contributed by atoms with E-state index in [0.29, 0.717) is 57.1 Å². The maximum Gasteiger partial charge on any atom is 0.228 e. The molecule has 0 amide bonds. The molecule has 9 heteroatoms. The Labute approximate surface area is 211 Å². The monoisotopic (exact) mass is 485 g/mol. The Hall–Kier alpha value is -3.93. The summed E-state index contributed by atoms with van der Waals surface area (Å²) in [7, 11) is 0. The maximum atomic E-state index is 10.0. The Kier molecular flexibility index (Phi) is 4.25. The topological polar surface area (TPSA) is 112 Å². The number of fused-ring (bicyclic) bond motifs is 2.